The number of hydrogen-bond acceptors (Lipinski definition) is 3. The Labute approximate surface area is 85.4 Å². The van der Waals surface area contributed by atoms with E-state index in [-0.39, 0.29) is 0 Å². The molecule has 14 heavy (non-hydrogen) atoms. The van der Waals surface area contributed by atoms with Gasteiger partial charge in [0.1, 0.15) is 4.88 Å². The van der Waals surface area contributed by atoms with Crippen molar-refractivity contribution in [1.29, 1.82) is 0 Å². The van der Waals surface area contributed by atoms with E-state index in [1.54, 1.807) is 6.07 Å². The summed E-state index contributed by atoms with van der Waals surface area (Å²) in [5.74, 6) is -0.861. The molecule has 72 valence electrons. The summed E-state index contributed by atoms with van der Waals surface area (Å²) >= 11 is 1.30. The van der Waals surface area contributed by atoms with Gasteiger partial charge in [-0.15, -0.1) is 11.3 Å². The Morgan fingerprint density at radius 3 is 2.93 bits per heavy atom. The van der Waals surface area contributed by atoms with Crippen molar-refractivity contribution in [2.45, 2.75) is 0 Å². The van der Waals surface area contributed by atoms with Gasteiger partial charge in [0.2, 0.25) is 0 Å². The summed E-state index contributed by atoms with van der Waals surface area (Å²) < 4.78 is 0. The zero-order chi connectivity index (χ0) is 9.97. The van der Waals surface area contributed by atoms with Crippen molar-refractivity contribution in [2.24, 2.45) is 0 Å². The van der Waals surface area contributed by atoms with Gasteiger partial charge in [0.25, 0.3) is 0 Å². The normalized spacial score (nSPS) is 14.7. The van der Waals surface area contributed by atoms with Crippen molar-refractivity contribution >= 4 is 22.9 Å². The van der Waals surface area contributed by atoms with Crippen LogP contribution in [0.3, 0.4) is 0 Å². The third-order valence-electron chi connectivity index (χ3n) is 1.92. The molecule has 1 aromatic heterocycles. The smallest absolute Gasteiger partial charge is 0.345 e. The van der Waals surface area contributed by atoms with Gasteiger partial charge in [-0.3, -0.25) is 0 Å². The molecule has 3 nitrogen and oxygen atoms in total. The lowest BCUT2D eigenvalue weighted by atomic mass is 10.2. The van der Waals surface area contributed by atoms with Crippen LogP contribution in [0.2, 0.25) is 0 Å². The molecule has 0 aromatic carbocycles. The van der Waals surface area contributed by atoms with Crippen molar-refractivity contribution in [3.8, 4) is 0 Å². The maximum atomic E-state index is 10.7. The Morgan fingerprint density at radius 1 is 1.50 bits per heavy atom. The maximum Gasteiger partial charge on any atom is 0.345 e. The highest BCUT2D eigenvalue weighted by molar-refractivity contribution is 7.15. The molecular formula is C10H9NO2S. The first kappa shape index (κ1) is 9.02. The SMILES string of the molecule is O=C(O)c1ccc(C2=CCNC=C2)s1. The molecule has 1 aromatic rings. The van der Waals surface area contributed by atoms with Gasteiger partial charge in [-0.25, -0.2) is 4.79 Å². The van der Waals surface area contributed by atoms with Crippen LogP contribution in [0.1, 0.15) is 14.5 Å². The van der Waals surface area contributed by atoms with Gasteiger partial charge in [-0.1, -0.05) is 6.08 Å². The average molecular weight is 207 g/mol. The van der Waals surface area contributed by atoms with Crippen LogP contribution in [-0.4, -0.2) is 17.6 Å². The highest BCUT2D eigenvalue weighted by Gasteiger charge is 2.09. The summed E-state index contributed by atoms with van der Waals surface area (Å²) in [6.07, 6.45) is 5.86. The standard InChI is InChI=1S/C10H9NO2S/c12-10(13)9-2-1-8(14-9)7-3-5-11-6-4-7/h1-5,11H,6H2,(H,12,13). The minimum absolute atomic E-state index is 0.382. The minimum atomic E-state index is -0.861. The van der Waals surface area contributed by atoms with E-state index in [2.05, 4.69) is 5.32 Å². The molecule has 1 aliphatic rings. The van der Waals surface area contributed by atoms with E-state index in [1.165, 1.54) is 11.3 Å². The number of carbonyl (C=O) groups is 1. The molecule has 4 heteroatoms. The van der Waals surface area contributed by atoms with Crippen LogP contribution in [0, 0.1) is 0 Å². The Bertz CT molecular complexity index is 418. The first-order chi connectivity index (χ1) is 6.77. The van der Waals surface area contributed by atoms with Crippen molar-refractivity contribution in [3.05, 3.63) is 40.2 Å². The van der Waals surface area contributed by atoms with Gasteiger partial charge < -0.3 is 10.4 Å². The van der Waals surface area contributed by atoms with Gasteiger partial charge in [0.15, 0.2) is 0 Å². The molecule has 0 fully saturated rings. The zero-order valence-electron chi connectivity index (χ0n) is 7.36. The van der Waals surface area contributed by atoms with Crippen molar-refractivity contribution in [3.63, 3.8) is 0 Å². The fourth-order valence-electron chi connectivity index (χ4n) is 1.24. The molecule has 0 amide bonds. The third-order valence-corrected chi connectivity index (χ3v) is 3.04. The monoisotopic (exact) mass is 207 g/mol. The molecule has 2 rings (SSSR count). The predicted molar refractivity (Wildman–Crippen MR) is 56.4 cm³/mol. The molecule has 1 aliphatic heterocycles. The van der Waals surface area contributed by atoms with Crippen LogP contribution >= 0.6 is 11.3 Å². The topological polar surface area (TPSA) is 49.3 Å². The largest absolute Gasteiger partial charge is 0.477 e. The van der Waals surface area contributed by atoms with Crippen molar-refractivity contribution in [2.75, 3.05) is 6.54 Å². The quantitative estimate of drug-likeness (QED) is 0.779. The van der Waals surface area contributed by atoms with Gasteiger partial charge in [-0.2, -0.15) is 0 Å². The van der Waals surface area contributed by atoms with Crippen LogP contribution in [0.5, 0.6) is 0 Å². The molecule has 0 saturated carbocycles. The maximum absolute atomic E-state index is 10.7. The summed E-state index contributed by atoms with van der Waals surface area (Å²) in [4.78, 5) is 12.0. The first-order valence-electron chi connectivity index (χ1n) is 4.21. The van der Waals surface area contributed by atoms with E-state index in [0.717, 1.165) is 17.0 Å². The highest BCUT2D eigenvalue weighted by atomic mass is 32.1. The number of aromatic carboxylic acids is 1. The van der Waals surface area contributed by atoms with Crippen LogP contribution in [0.15, 0.2) is 30.5 Å². The van der Waals surface area contributed by atoms with Crippen LogP contribution in [-0.2, 0) is 0 Å². The van der Waals surface area contributed by atoms with Crippen LogP contribution in [0.4, 0.5) is 0 Å². The molecule has 0 bridgehead atoms. The van der Waals surface area contributed by atoms with Gasteiger partial charge in [0.05, 0.1) is 0 Å². The van der Waals surface area contributed by atoms with E-state index in [0.29, 0.717) is 4.88 Å². The molecule has 2 heterocycles. The second-order valence-electron chi connectivity index (χ2n) is 2.87. The van der Waals surface area contributed by atoms with E-state index < -0.39 is 5.97 Å². The number of allylic oxidation sites excluding steroid dienone is 2. The summed E-state index contributed by atoms with van der Waals surface area (Å²) in [5.41, 5.74) is 1.08. The molecule has 2 N–H and O–H groups in total. The number of nitrogens with one attached hydrogen (secondary N) is 1. The van der Waals surface area contributed by atoms with Crippen LogP contribution < -0.4 is 5.32 Å². The van der Waals surface area contributed by atoms with Crippen molar-refractivity contribution < 1.29 is 9.90 Å². The third kappa shape index (κ3) is 1.70. The molecule has 0 atom stereocenters. The molecule has 0 aliphatic carbocycles. The number of thiophene rings is 1. The van der Waals surface area contributed by atoms with Crippen molar-refractivity contribution in [1.82, 2.24) is 5.32 Å². The Kier molecular flexibility index (Phi) is 2.37. The van der Waals surface area contributed by atoms with E-state index in [1.807, 2.05) is 24.4 Å². The summed E-state index contributed by atoms with van der Waals surface area (Å²) in [7, 11) is 0. The molecule has 0 radical (unpaired) electrons. The lowest BCUT2D eigenvalue weighted by Gasteiger charge is -2.05. The minimum Gasteiger partial charge on any atom is -0.477 e. The summed E-state index contributed by atoms with van der Waals surface area (Å²) in [6.45, 7) is 0.798. The van der Waals surface area contributed by atoms with Gasteiger partial charge >= 0.3 is 5.97 Å². The second-order valence-corrected chi connectivity index (χ2v) is 3.95. The van der Waals surface area contributed by atoms with E-state index >= 15 is 0 Å². The number of carboxylic acids is 1. The number of dihydropyridines is 1. The summed E-state index contributed by atoms with van der Waals surface area (Å²) in [6, 6.07) is 3.48. The van der Waals surface area contributed by atoms with E-state index in [9.17, 15) is 4.79 Å². The Hall–Kier alpha value is -1.55. The highest BCUT2D eigenvalue weighted by Crippen LogP contribution is 2.25. The first-order valence-corrected chi connectivity index (χ1v) is 5.02. The van der Waals surface area contributed by atoms with E-state index in [4.69, 9.17) is 5.11 Å². The zero-order valence-corrected chi connectivity index (χ0v) is 8.17. The number of carboxylic acid groups (broad SMARTS) is 1. The summed E-state index contributed by atoms with van der Waals surface area (Å²) in [5, 5.41) is 11.8. The van der Waals surface area contributed by atoms with Crippen LogP contribution in [0.25, 0.3) is 5.57 Å². The fraction of sp³-hybridized carbons (Fsp3) is 0.100. The lowest BCUT2D eigenvalue weighted by Crippen LogP contribution is -2.07. The number of hydrogen-bond donors (Lipinski definition) is 2. The average Bonchev–Trinajstić information content (AvgIpc) is 2.68. The Balaban J connectivity index is 2.28. The number of rotatable bonds is 2. The van der Waals surface area contributed by atoms with Gasteiger partial charge in [0, 0.05) is 11.4 Å². The van der Waals surface area contributed by atoms with Gasteiger partial charge in [-0.05, 0) is 30.0 Å². The molecule has 0 spiro atoms. The second kappa shape index (κ2) is 3.67. The molecule has 0 unspecified atom stereocenters. The molecular weight excluding hydrogens is 198 g/mol. The predicted octanol–water partition coefficient (Wildman–Crippen LogP) is 1.95. The molecule has 0 saturated heterocycles. The Morgan fingerprint density at radius 2 is 2.36 bits per heavy atom. The lowest BCUT2D eigenvalue weighted by molar-refractivity contribution is 0.0702. The fourth-order valence-corrected chi connectivity index (χ4v) is 2.11.